The van der Waals surface area contributed by atoms with E-state index in [1.54, 1.807) is 0 Å². The van der Waals surface area contributed by atoms with Crippen LogP contribution in [0.1, 0.15) is 0 Å². The second kappa shape index (κ2) is 9.34. The molecule has 3 fully saturated rings. The van der Waals surface area contributed by atoms with Gasteiger partial charge in [-0.2, -0.15) is 0 Å². The molecule has 3 rings (SSSR count). The van der Waals surface area contributed by atoms with Crippen LogP contribution in [0.4, 0.5) is 0 Å². The normalized spacial score (nSPS) is 40.4. The molecule has 3 aliphatic heterocycles. The van der Waals surface area contributed by atoms with Gasteiger partial charge in [0.2, 0.25) is 0 Å². The summed E-state index contributed by atoms with van der Waals surface area (Å²) in [5, 5.41) is 0. The summed E-state index contributed by atoms with van der Waals surface area (Å²) in [5.41, 5.74) is 0. The van der Waals surface area contributed by atoms with Gasteiger partial charge in [-0.1, -0.05) is 170 Å². The smallest absolute Gasteiger partial charge is 0.0304 e. The summed E-state index contributed by atoms with van der Waals surface area (Å²) in [6.45, 7) is 79.3. The van der Waals surface area contributed by atoms with Crippen molar-refractivity contribution in [1.29, 1.82) is 0 Å². The van der Waals surface area contributed by atoms with Gasteiger partial charge in [-0.15, -0.1) is 0 Å². The minimum atomic E-state index is -1.55. The highest BCUT2D eigenvalue weighted by Gasteiger charge is 2.86. The summed E-state index contributed by atoms with van der Waals surface area (Å²) in [6, 6.07) is 0. The molecule has 0 radical (unpaired) electrons. The molecule has 0 aliphatic carbocycles. The molecule has 3 heterocycles. The number of fused-ring (bicyclic) bond motifs is 9. The van der Waals surface area contributed by atoms with Crippen LogP contribution in [0.15, 0.2) is 0 Å². The van der Waals surface area contributed by atoms with Crippen LogP contribution >= 0.6 is 0 Å². The van der Waals surface area contributed by atoms with E-state index in [-0.39, 0.29) is 0 Å². The molecule has 238 valence electrons. The lowest BCUT2D eigenvalue weighted by Crippen LogP contribution is -3.11. The first kappa shape index (κ1) is 39.2. The van der Waals surface area contributed by atoms with E-state index in [9.17, 15) is 0 Å². The van der Waals surface area contributed by atoms with Crippen LogP contribution in [0.25, 0.3) is 0 Å². The Morgan fingerprint density at radius 3 is 0.275 bits per heavy atom. The molecule has 0 atom stereocenters. The van der Waals surface area contributed by atoms with Crippen LogP contribution in [0, 0.1) is 0 Å². The van der Waals surface area contributed by atoms with Gasteiger partial charge in [0, 0.05) is 98.6 Å². The van der Waals surface area contributed by atoms with Crippen molar-refractivity contribution in [2.75, 3.05) is 0 Å². The molecule has 0 amide bonds. The maximum absolute atomic E-state index is 3.30. The van der Waals surface area contributed by atoms with Gasteiger partial charge >= 0.3 is 0 Å². The van der Waals surface area contributed by atoms with Crippen LogP contribution in [0.2, 0.25) is 170 Å². The summed E-state index contributed by atoms with van der Waals surface area (Å²) in [4.78, 5) is 0. The fourth-order valence-corrected chi connectivity index (χ4v) is 780. The molecule has 0 aromatic heterocycles. The van der Waals surface area contributed by atoms with Crippen LogP contribution in [0.3, 0.4) is 0 Å². The predicted molar refractivity (Wildman–Crippen MR) is 233 cm³/mol. The first-order valence-corrected chi connectivity index (χ1v) is 72.8. The quantitative estimate of drug-likeness (QED) is 0.215. The third kappa shape index (κ3) is 3.45. The van der Waals surface area contributed by atoms with Crippen molar-refractivity contribution in [1.82, 2.24) is 0 Å². The van der Waals surface area contributed by atoms with Gasteiger partial charge < -0.3 is 0 Å². The van der Waals surface area contributed by atoms with E-state index in [1.807, 2.05) is 0 Å². The molecule has 3 aliphatic rings. The lowest BCUT2D eigenvalue weighted by atomic mass is 11.9. The Kier molecular flexibility index (Phi) is 9.16. The minimum absolute atomic E-state index is 1.44. The zero-order valence-corrected chi connectivity index (χ0v) is 47.0. The minimum Gasteiger partial charge on any atom is -0.0752 e. The number of hydrogen-bond donors (Lipinski definition) is 0. The number of rotatable bonds is 0. The van der Waals surface area contributed by atoms with E-state index >= 15 is 0 Å². The van der Waals surface area contributed by atoms with E-state index in [4.69, 9.17) is 0 Å². The molecule has 0 aromatic rings. The van der Waals surface area contributed by atoms with Gasteiger partial charge in [0.05, 0.1) is 0 Å². The lowest BCUT2D eigenvalue weighted by Gasteiger charge is -2.81. The maximum Gasteiger partial charge on any atom is 0.0304 e. The molecule has 0 unspecified atom stereocenters. The Labute approximate surface area is 266 Å². The monoisotopic (exact) mass is 782 g/mol. The molecular formula is C26H78Si14. The summed E-state index contributed by atoms with van der Waals surface area (Å²) < 4.78 is 0. The van der Waals surface area contributed by atoms with Gasteiger partial charge in [-0.3, -0.25) is 0 Å². The van der Waals surface area contributed by atoms with Gasteiger partial charge in [0.15, 0.2) is 0 Å². The molecule has 0 N–H and O–H groups in total. The van der Waals surface area contributed by atoms with Crippen LogP contribution in [0.5, 0.6) is 0 Å². The molecule has 0 aromatic carbocycles. The summed E-state index contributed by atoms with van der Waals surface area (Å²) >= 11 is 0. The van der Waals surface area contributed by atoms with Crippen molar-refractivity contribution in [3.8, 4) is 0 Å². The topological polar surface area (TPSA) is 0 Å². The van der Waals surface area contributed by atoms with Crippen LogP contribution in [-0.2, 0) is 0 Å². The van der Waals surface area contributed by atoms with Crippen LogP contribution < -0.4 is 0 Å². The molecule has 0 saturated carbocycles. The second-order valence-electron chi connectivity index (χ2n) is 21.8. The second-order valence-corrected chi connectivity index (χ2v) is 200. The van der Waals surface area contributed by atoms with E-state index in [0.29, 0.717) is 0 Å². The van der Waals surface area contributed by atoms with Crippen molar-refractivity contribution >= 4 is 98.6 Å². The fraction of sp³-hybridized carbons (Fsp3) is 1.00. The standard InChI is InChI=1S/C26H78Si14/c1-27(2)28(3,4)34(15,16)40(26)37(21,22)31(9,10)29(5,6)35(17,18)39(25,33(27,13)14)36(19,20)30(7,8)32(11,12)38(40,23)24/h1-26H3. The highest BCUT2D eigenvalue weighted by molar-refractivity contribution is 8.29. The average Bonchev–Trinajstić information content (AvgIpc) is 2.74. The fourth-order valence-electron chi connectivity index (χ4n) is 13.1. The van der Waals surface area contributed by atoms with Crippen molar-refractivity contribution in [3.63, 3.8) is 0 Å². The number of hydrogen-bond acceptors (Lipinski definition) is 0. The van der Waals surface area contributed by atoms with Crippen molar-refractivity contribution in [2.45, 2.75) is 170 Å². The highest BCUT2D eigenvalue weighted by atomic mass is 30.4. The highest BCUT2D eigenvalue weighted by Crippen LogP contribution is 2.60. The predicted octanol–water partition coefficient (Wildman–Crippen LogP) is 9.85. The van der Waals surface area contributed by atoms with Crippen molar-refractivity contribution < 1.29 is 0 Å². The van der Waals surface area contributed by atoms with Gasteiger partial charge in [-0.25, -0.2) is 0 Å². The zero-order valence-electron chi connectivity index (χ0n) is 33.0. The van der Waals surface area contributed by atoms with Gasteiger partial charge in [0.1, 0.15) is 0 Å². The third-order valence-corrected chi connectivity index (χ3v) is 437. The summed E-state index contributed by atoms with van der Waals surface area (Å²) in [6.07, 6.45) is 0. The summed E-state index contributed by atoms with van der Waals surface area (Å²) in [7, 11) is -17.6. The Balaban J connectivity index is 3.74. The van der Waals surface area contributed by atoms with Gasteiger partial charge in [-0.05, 0) is 0 Å². The molecule has 40 heavy (non-hydrogen) atoms. The largest absolute Gasteiger partial charge is 0.0752 e. The lowest BCUT2D eigenvalue weighted by molar-refractivity contribution is 1.72. The van der Waals surface area contributed by atoms with Crippen LogP contribution in [-0.4, -0.2) is 98.6 Å². The molecule has 3 saturated heterocycles. The summed E-state index contributed by atoms with van der Waals surface area (Å²) in [5.74, 6) is 0. The molecule has 2 bridgehead atoms. The first-order valence-electron chi connectivity index (χ1n) is 16.8. The Morgan fingerprint density at radius 2 is 0.200 bits per heavy atom. The Bertz CT molecular complexity index is 846. The Morgan fingerprint density at radius 1 is 0.125 bits per heavy atom. The third-order valence-electron chi connectivity index (χ3n) is 21.6. The molecular weight excluding hydrogens is 705 g/mol. The van der Waals surface area contributed by atoms with Crippen molar-refractivity contribution in [2.24, 2.45) is 0 Å². The maximum atomic E-state index is 3.30. The molecule has 0 spiro atoms. The molecule has 0 nitrogen and oxygen atoms in total. The van der Waals surface area contributed by atoms with E-state index in [2.05, 4.69) is 170 Å². The van der Waals surface area contributed by atoms with E-state index < -0.39 is 98.6 Å². The van der Waals surface area contributed by atoms with E-state index in [1.165, 1.54) is 0 Å². The average molecular weight is 784 g/mol. The zero-order chi connectivity index (χ0) is 33.0. The van der Waals surface area contributed by atoms with Crippen molar-refractivity contribution in [3.05, 3.63) is 0 Å². The van der Waals surface area contributed by atoms with Gasteiger partial charge in [0.25, 0.3) is 0 Å². The van der Waals surface area contributed by atoms with E-state index in [0.717, 1.165) is 0 Å². The SMILES string of the molecule is C[Si]1(C)[Si](C)(C)[Si](C)(C)[Si]2(C)[Si](C)(C)[Si](C)(C)[Si](C)(C)[Si](C)(C)[Si](C)([Si]1(C)C)[Si](C)(C)[Si](C)(C)[Si](C)(C)[Si]2(C)C. The molecule has 14 heteroatoms. The Hall–Kier alpha value is 3.04. The first-order chi connectivity index (χ1) is 16.8.